The maximum Gasteiger partial charge on any atom is 0.277 e. The lowest BCUT2D eigenvalue weighted by atomic mass is 10.1. The number of ether oxygens (including phenoxy) is 2. The van der Waals surface area contributed by atoms with Gasteiger partial charge in [0.1, 0.15) is 17.2 Å². The van der Waals surface area contributed by atoms with Crippen molar-refractivity contribution in [3.05, 3.63) is 53.6 Å². The quantitative estimate of drug-likeness (QED) is 0.571. The monoisotopic (exact) mass is 342 g/mol. The van der Waals surface area contributed by atoms with E-state index in [4.69, 9.17) is 9.47 Å². The molecule has 0 bridgehead atoms. The highest BCUT2D eigenvalue weighted by atomic mass is 16.5. The van der Waals surface area contributed by atoms with Gasteiger partial charge in [0.15, 0.2) is 6.61 Å². The van der Waals surface area contributed by atoms with Gasteiger partial charge in [-0.05, 0) is 42.3 Å². The molecule has 0 saturated heterocycles. The van der Waals surface area contributed by atoms with Crippen LogP contribution < -0.4 is 14.9 Å². The van der Waals surface area contributed by atoms with Crippen LogP contribution >= 0.6 is 0 Å². The Morgan fingerprint density at radius 1 is 1.20 bits per heavy atom. The van der Waals surface area contributed by atoms with E-state index in [1.165, 1.54) is 25.0 Å². The van der Waals surface area contributed by atoms with Crippen molar-refractivity contribution in [2.24, 2.45) is 5.10 Å². The number of nitrogens with one attached hydrogen (secondary N) is 1. The van der Waals surface area contributed by atoms with Crippen molar-refractivity contribution in [1.29, 1.82) is 0 Å². The predicted octanol–water partition coefficient (Wildman–Crippen LogP) is 2.88. The van der Waals surface area contributed by atoms with E-state index < -0.39 is 5.91 Å². The number of nitrogens with zero attached hydrogens (tertiary/aromatic N) is 1. The van der Waals surface area contributed by atoms with Gasteiger partial charge < -0.3 is 14.6 Å². The second kappa shape index (κ2) is 9.32. The topological polar surface area (TPSA) is 80.2 Å². The largest absolute Gasteiger partial charge is 0.507 e. The third kappa shape index (κ3) is 5.84. The van der Waals surface area contributed by atoms with Crippen LogP contribution in [0, 0.1) is 0 Å². The minimum Gasteiger partial charge on any atom is -0.507 e. The van der Waals surface area contributed by atoms with Crippen LogP contribution in [0.4, 0.5) is 0 Å². The summed E-state index contributed by atoms with van der Waals surface area (Å²) in [5.74, 6) is 0.864. The Bertz CT molecular complexity index is 727. The molecule has 0 aliphatic rings. The van der Waals surface area contributed by atoms with E-state index in [0.29, 0.717) is 17.1 Å². The summed E-state index contributed by atoms with van der Waals surface area (Å²) in [5, 5.41) is 13.5. The van der Waals surface area contributed by atoms with Crippen LogP contribution in [0.15, 0.2) is 47.6 Å². The second-order valence-electron chi connectivity index (χ2n) is 5.40. The van der Waals surface area contributed by atoms with Crippen LogP contribution in [0.1, 0.15) is 24.5 Å². The lowest BCUT2D eigenvalue weighted by molar-refractivity contribution is -0.123. The van der Waals surface area contributed by atoms with Crippen LogP contribution in [0.3, 0.4) is 0 Å². The summed E-state index contributed by atoms with van der Waals surface area (Å²) in [6.45, 7) is 1.98. The number of rotatable bonds is 8. The van der Waals surface area contributed by atoms with Crippen LogP contribution in [0.5, 0.6) is 17.2 Å². The number of hydrogen-bond acceptors (Lipinski definition) is 5. The number of carbonyl (C=O) groups is 1. The number of aryl methyl sites for hydroxylation is 1. The van der Waals surface area contributed by atoms with E-state index in [-0.39, 0.29) is 12.4 Å². The summed E-state index contributed by atoms with van der Waals surface area (Å²) in [6.07, 6.45) is 3.45. The van der Waals surface area contributed by atoms with Gasteiger partial charge in [0.25, 0.3) is 5.91 Å². The molecule has 0 spiro atoms. The zero-order valence-corrected chi connectivity index (χ0v) is 14.4. The summed E-state index contributed by atoms with van der Waals surface area (Å²) >= 11 is 0. The van der Waals surface area contributed by atoms with Gasteiger partial charge in [0.05, 0.1) is 13.3 Å². The maximum absolute atomic E-state index is 11.7. The number of phenols is 1. The van der Waals surface area contributed by atoms with Crippen molar-refractivity contribution in [2.45, 2.75) is 19.8 Å². The first-order valence-corrected chi connectivity index (χ1v) is 8.03. The molecular weight excluding hydrogens is 320 g/mol. The number of methoxy groups -OCH3 is 1. The van der Waals surface area contributed by atoms with E-state index in [9.17, 15) is 9.90 Å². The van der Waals surface area contributed by atoms with E-state index >= 15 is 0 Å². The van der Waals surface area contributed by atoms with E-state index in [2.05, 4.69) is 17.5 Å². The zero-order chi connectivity index (χ0) is 18.1. The summed E-state index contributed by atoms with van der Waals surface area (Å²) in [7, 11) is 1.53. The number of phenolic OH excluding ortho intramolecular Hbond substituents is 1. The van der Waals surface area contributed by atoms with Crippen LogP contribution in [-0.2, 0) is 11.2 Å². The molecule has 0 heterocycles. The Morgan fingerprint density at radius 3 is 2.60 bits per heavy atom. The first-order chi connectivity index (χ1) is 12.1. The van der Waals surface area contributed by atoms with Crippen molar-refractivity contribution >= 4 is 12.1 Å². The molecule has 6 nitrogen and oxygen atoms in total. The third-order valence-electron chi connectivity index (χ3n) is 3.46. The molecule has 6 heteroatoms. The van der Waals surface area contributed by atoms with Gasteiger partial charge in [0.2, 0.25) is 0 Å². The van der Waals surface area contributed by atoms with Crippen LogP contribution in [-0.4, -0.2) is 30.9 Å². The highest BCUT2D eigenvalue weighted by Gasteiger charge is 2.03. The summed E-state index contributed by atoms with van der Waals surface area (Å²) in [4.78, 5) is 11.7. The molecule has 0 aliphatic heterocycles. The summed E-state index contributed by atoms with van der Waals surface area (Å²) < 4.78 is 10.5. The number of hydrogen-bond donors (Lipinski definition) is 2. The third-order valence-corrected chi connectivity index (χ3v) is 3.46. The van der Waals surface area contributed by atoms with Gasteiger partial charge in [0, 0.05) is 5.56 Å². The fourth-order valence-electron chi connectivity index (χ4n) is 2.16. The molecule has 2 aromatic rings. The van der Waals surface area contributed by atoms with Crippen molar-refractivity contribution in [2.75, 3.05) is 13.7 Å². The number of hydrazone groups is 1. The first kappa shape index (κ1) is 18.3. The molecule has 0 unspecified atom stereocenters. The molecule has 2 rings (SSSR count). The maximum atomic E-state index is 11.7. The minimum absolute atomic E-state index is 0.0437. The minimum atomic E-state index is -0.392. The molecule has 0 atom stereocenters. The highest BCUT2D eigenvalue weighted by Crippen LogP contribution is 2.20. The van der Waals surface area contributed by atoms with Gasteiger partial charge in [-0.15, -0.1) is 0 Å². The average Bonchev–Trinajstić information content (AvgIpc) is 2.63. The van der Waals surface area contributed by atoms with Gasteiger partial charge >= 0.3 is 0 Å². The Kier molecular flexibility index (Phi) is 6.83. The Morgan fingerprint density at radius 2 is 1.92 bits per heavy atom. The Balaban J connectivity index is 1.82. The van der Waals surface area contributed by atoms with E-state index in [1.54, 1.807) is 12.1 Å². The lowest BCUT2D eigenvalue weighted by Gasteiger charge is -2.06. The van der Waals surface area contributed by atoms with Gasteiger partial charge in [-0.3, -0.25) is 4.79 Å². The van der Waals surface area contributed by atoms with Crippen molar-refractivity contribution in [1.82, 2.24) is 5.43 Å². The summed E-state index contributed by atoms with van der Waals surface area (Å²) in [6, 6.07) is 12.4. The summed E-state index contributed by atoms with van der Waals surface area (Å²) in [5.41, 5.74) is 4.03. The Labute approximate surface area is 147 Å². The van der Waals surface area contributed by atoms with Crippen LogP contribution in [0.2, 0.25) is 0 Å². The molecule has 0 fully saturated rings. The molecule has 2 N–H and O–H groups in total. The predicted molar refractivity (Wildman–Crippen MR) is 96.3 cm³/mol. The number of benzene rings is 2. The molecule has 0 saturated carbocycles. The fourth-order valence-corrected chi connectivity index (χ4v) is 2.16. The van der Waals surface area contributed by atoms with Crippen molar-refractivity contribution in [3.8, 4) is 17.2 Å². The number of carbonyl (C=O) groups excluding carboxylic acids is 1. The van der Waals surface area contributed by atoms with Crippen molar-refractivity contribution < 1.29 is 19.4 Å². The molecule has 25 heavy (non-hydrogen) atoms. The molecule has 132 valence electrons. The standard InChI is InChI=1S/C19H22N2O4/c1-3-4-14-5-7-16(8-6-14)25-13-19(23)21-20-12-15-11-17(24-2)9-10-18(15)22/h5-12,22H,3-4,13H2,1-2H3,(H,21,23)/b20-12+. The van der Waals surface area contributed by atoms with E-state index in [0.717, 1.165) is 12.8 Å². The average molecular weight is 342 g/mol. The van der Waals surface area contributed by atoms with Gasteiger partial charge in [-0.25, -0.2) is 5.43 Å². The van der Waals surface area contributed by atoms with Gasteiger partial charge in [-0.1, -0.05) is 25.5 Å². The van der Waals surface area contributed by atoms with Crippen molar-refractivity contribution in [3.63, 3.8) is 0 Å². The zero-order valence-electron chi connectivity index (χ0n) is 14.4. The molecular formula is C19H22N2O4. The molecule has 0 aromatic heterocycles. The Hall–Kier alpha value is -3.02. The van der Waals surface area contributed by atoms with Crippen LogP contribution in [0.25, 0.3) is 0 Å². The first-order valence-electron chi connectivity index (χ1n) is 8.03. The second-order valence-corrected chi connectivity index (χ2v) is 5.40. The smallest absolute Gasteiger partial charge is 0.277 e. The number of aromatic hydroxyl groups is 1. The number of amides is 1. The molecule has 0 radical (unpaired) electrons. The normalized spacial score (nSPS) is 10.6. The lowest BCUT2D eigenvalue weighted by Crippen LogP contribution is -2.24. The molecule has 0 aliphatic carbocycles. The fraction of sp³-hybridized carbons (Fsp3) is 0.263. The molecule has 1 amide bonds. The SMILES string of the molecule is CCCc1ccc(OCC(=O)N/N=C/c2cc(OC)ccc2O)cc1. The highest BCUT2D eigenvalue weighted by molar-refractivity contribution is 5.85. The molecule has 2 aromatic carbocycles. The van der Waals surface area contributed by atoms with Gasteiger partial charge in [-0.2, -0.15) is 5.10 Å². The van der Waals surface area contributed by atoms with E-state index in [1.807, 2.05) is 24.3 Å².